The minimum Gasteiger partial charge on any atom is -0.493 e. The summed E-state index contributed by atoms with van der Waals surface area (Å²) < 4.78 is 15.6. The normalized spacial score (nSPS) is 10.2. The average Bonchev–Trinajstić information content (AvgIpc) is 2.35. The van der Waals surface area contributed by atoms with Crippen molar-refractivity contribution < 1.29 is 19.0 Å². The largest absolute Gasteiger partial charge is 0.493 e. The van der Waals surface area contributed by atoms with Gasteiger partial charge < -0.3 is 14.2 Å². The van der Waals surface area contributed by atoms with Crippen molar-refractivity contribution in [2.45, 2.75) is 13.8 Å². The molecule has 17 heavy (non-hydrogen) atoms. The van der Waals surface area contributed by atoms with Crippen molar-refractivity contribution >= 4 is 5.78 Å². The van der Waals surface area contributed by atoms with Crippen LogP contribution in [0.4, 0.5) is 0 Å². The Balaban J connectivity index is 3.38. The predicted molar refractivity (Wildman–Crippen MR) is 65.3 cm³/mol. The van der Waals surface area contributed by atoms with Crippen molar-refractivity contribution in [1.29, 1.82) is 0 Å². The van der Waals surface area contributed by atoms with Crippen LogP contribution in [0.3, 0.4) is 0 Å². The summed E-state index contributed by atoms with van der Waals surface area (Å²) in [5.41, 5.74) is 0.514. The van der Waals surface area contributed by atoms with Crippen LogP contribution in [-0.4, -0.2) is 27.1 Å². The third-order valence-electron chi connectivity index (χ3n) is 2.49. The first-order chi connectivity index (χ1) is 8.06. The lowest BCUT2D eigenvalue weighted by Gasteiger charge is -2.15. The molecule has 0 aliphatic carbocycles. The molecule has 0 atom stereocenters. The number of rotatable bonds is 5. The maximum atomic E-state index is 12.0. The maximum absolute atomic E-state index is 12.0. The molecule has 0 amide bonds. The molecular formula is C13H18O4. The molecule has 0 heterocycles. The van der Waals surface area contributed by atoms with Crippen LogP contribution in [0.1, 0.15) is 24.2 Å². The lowest BCUT2D eigenvalue weighted by atomic mass is 9.99. The van der Waals surface area contributed by atoms with Crippen molar-refractivity contribution in [2.24, 2.45) is 5.92 Å². The Morgan fingerprint density at radius 3 is 2.00 bits per heavy atom. The molecule has 0 saturated carbocycles. The van der Waals surface area contributed by atoms with Crippen molar-refractivity contribution in [3.05, 3.63) is 17.7 Å². The van der Waals surface area contributed by atoms with E-state index in [1.807, 2.05) is 13.8 Å². The van der Waals surface area contributed by atoms with E-state index in [-0.39, 0.29) is 11.7 Å². The summed E-state index contributed by atoms with van der Waals surface area (Å²) >= 11 is 0. The van der Waals surface area contributed by atoms with Gasteiger partial charge in [-0.3, -0.25) is 4.79 Å². The molecule has 0 fully saturated rings. The third-order valence-corrected chi connectivity index (χ3v) is 2.49. The van der Waals surface area contributed by atoms with Gasteiger partial charge in [0.15, 0.2) is 17.3 Å². The summed E-state index contributed by atoms with van der Waals surface area (Å²) in [5, 5.41) is 0. The Morgan fingerprint density at radius 1 is 1.00 bits per heavy atom. The van der Waals surface area contributed by atoms with Gasteiger partial charge >= 0.3 is 0 Å². The van der Waals surface area contributed by atoms with Crippen LogP contribution in [0.5, 0.6) is 17.2 Å². The van der Waals surface area contributed by atoms with E-state index >= 15 is 0 Å². The Morgan fingerprint density at radius 2 is 1.59 bits per heavy atom. The summed E-state index contributed by atoms with van der Waals surface area (Å²) in [7, 11) is 4.57. The second-order valence-corrected chi connectivity index (χ2v) is 3.90. The van der Waals surface area contributed by atoms with Gasteiger partial charge in [0.05, 0.1) is 26.9 Å². The predicted octanol–water partition coefficient (Wildman–Crippen LogP) is 2.55. The molecule has 0 aliphatic rings. The van der Waals surface area contributed by atoms with E-state index in [2.05, 4.69) is 0 Å². The molecule has 4 nitrogen and oxygen atoms in total. The van der Waals surface area contributed by atoms with E-state index in [1.165, 1.54) is 14.2 Å². The zero-order valence-corrected chi connectivity index (χ0v) is 10.9. The molecule has 0 saturated heterocycles. The first-order valence-electron chi connectivity index (χ1n) is 5.40. The molecule has 94 valence electrons. The van der Waals surface area contributed by atoms with Crippen molar-refractivity contribution in [2.75, 3.05) is 21.3 Å². The molecular weight excluding hydrogens is 220 g/mol. The minimum atomic E-state index is -0.0954. The highest BCUT2D eigenvalue weighted by atomic mass is 16.5. The van der Waals surface area contributed by atoms with Gasteiger partial charge in [-0.05, 0) is 12.1 Å². The van der Waals surface area contributed by atoms with Gasteiger partial charge in [0.1, 0.15) is 0 Å². The first kappa shape index (κ1) is 13.4. The van der Waals surface area contributed by atoms with Crippen LogP contribution < -0.4 is 14.2 Å². The quantitative estimate of drug-likeness (QED) is 0.739. The molecule has 0 unspecified atom stereocenters. The molecule has 0 radical (unpaired) electrons. The first-order valence-corrected chi connectivity index (χ1v) is 5.40. The van der Waals surface area contributed by atoms with E-state index < -0.39 is 0 Å². The summed E-state index contributed by atoms with van der Waals surface area (Å²) in [6, 6.07) is 3.40. The summed E-state index contributed by atoms with van der Waals surface area (Å²) in [6.07, 6.45) is 0. The monoisotopic (exact) mass is 238 g/mol. The number of hydrogen-bond acceptors (Lipinski definition) is 4. The van der Waals surface area contributed by atoms with Gasteiger partial charge in [-0.1, -0.05) is 13.8 Å². The van der Waals surface area contributed by atoms with E-state index in [0.29, 0.717) is 22.8 Å². The topological polar surface area (TPSA) is 44.8 Å². The number of Topliss-reactive ketones (excluding diaryl/α,β-unsaturated/α-hetero) is 1. The maximum Gasteiger partial charge on any atom is 0.204 e. The Hall–Kier alpha value is -1.71. The second kappa shape index (κ2) is 5.57. The Bertz CT molecular complexity index is 410. The Kier molecular flexibility index (Phi) is 4.37. The molecule has 0 spiro atoms. The van der Waals surface area contributed by atoms with E-state index in [4.69, 9.17) is 14.2 Å². The third kappa shape index (κ3) is 2.52. The highest BCUT2D eigenvalue weighted by molar-refractivity contribution is 6.01. The number of ether oxygens (including phenoxy) is 3. The highest BCUT2D eigenvalue weighted by Crippen LogP contribution is 2.40. The van der Waals surface area contributed by atoms with Crippen LogP contribution in [0, 0.1) is 5.92 Å². The van der Waals surface area contributed by atoms with Crippen LogP contribution in [0.2, 0.25) is 0 Å². The van der Waals surface area contributed by atoms with Gasteiger partial charge in [-0.25, -0.2) is 0 Å². The molecule has 1 aromatic rings. The number of ketones is 1. The van der Waals surface area contributed by atoms with Crippen molar-refractivity contribution in [3.63, 3.8) is 0 Å². The van der Waals surface area contributed by atoms with Crippen LogP contribution in [0.25, 0.3) is 0 Å². The molecule has 1 aromatic carbocycles. The molecule has 0 N–H and O–H groups in total. The number of hydrogen-bond donors (Lipinski definition) is 0. The van der Waals surface area contributed by atoms with E-state index in [0.717, 1.165) is 0 Å². The van der Waals surface area contributed by atoms with Crippen LogP contribution in [-0.2, 0) is 0 Å². The van der Waals surface area contributed by atoms with Gasteiger partial charge in [-0.2, -0.15) is 0 Å². The fraction of sp³-hybridized carbons (Fsp3) is 0.462. The fourth-order valence-corrected chi connectivity index (χ4v) is 1.61. The molecule has 4 heteroatoms. The smallest absolute Gasteiger partial charge is 0.204 e. The van der Waals surface area contributed by atoms with Gasteiger partial charge in [0.25, 0.3) is 0 Å². The Labute approximate surface area is 101 Å². The highest BCUT2D eigenvalue weighted by Gasteiger charge is 2.21. The SMILES string of the molecule is COc1ccc(C(=O)C(C)C)c(OC)c1OC. The average molecular weight is 238 g/mol. The van der Waals surface area contributed by atoms with Gasteiger partial charge in [-0.15, -0.1) is 0 Å². The summed E-state index contributed by atoms with van der Waals surface area (Å²) in [4.78, 5) is 12.0. The zero-order chi connectivity index (χ0) is 13.0. The molecule has 0 aliphatic heterocycles. The van der Waals surface area contributed by atoms with Gasteiger partial charge in [0.2, 0.25) is 5.75 Å². The number of carbonyl (C=O) groups is 1. The van der Waals surface area contributed by atoms with E-state index in [1.54, 1.807) is 19.2 Å². The van der Waals surface area contributed by atoms with Gasteiger partial charge in [0, 0.05) is 5.92 Å². The summed E-state index contributed by atoms with van der Waals surface area (Å²) in [5.74, 6) is 1.33. The van der Waals surface area contributed by atoms with Crippen molar-refractivity contribution in [1.82, 2.24) is 0 Å². The second-order valence-electron chi connectivity index (χ2n) is 3.90. The van der Waals surface area contributed by atoms with Crippen molar-refractivity contribution in [3.8, 4) is 17.2 Å². The number of methoxy groups -OCH3 is 3. The number of carbonyl (C=O) groups excluding carboxylic acids is 1. The standard InChI is InChI=1S/C13H18O4/c1-8(2)11(14)9-6-7-10(15-3)13(17-5)12(9)16-4/h6-8H,1-5H3. The van der Waals surface area contributed by atoms with Crippen LogP contribution >= 0.6 is 0 Å². The minimum absolute atomic E-state index is 0.0165. The molecule has 1 rings (SSSR count). The zero-order valence-electron chi connectivity index (χ0n) is 10.9. The lowest BCUT2D eigenvalue weighted by molar-refractivity contribution is 0.0935. The number of benzene rings is 1. The summed E-state index contributed by atoms with van der Waals surface area (Å²) in [6.45, 7) is 3.69. The van der Waals surface area contributed by atoms with Crippen LogP contribution in [0.15, 0.2) is 12.1 Å². The van der Waals surface area contributed by atoms with E-state index in [9.17, 15) is 4.79 Å². The molecule has 0 bridgehead atoms. The lowest BCUT2D eigenvalue weighted by Crippen LogP contribution is -2.10. The molecule has 0 aromatic heterocycles. The fourth-order valence-electron chi connectivity index (χ4n) is 1.61.